The van der Waals surface area contributed by atoms with Crippen LogP contribution in [0.15, 0.2) is 12.7 Å². The van der Waals surface area contributed by atoms with Crippen molar-refractivity contribution in [3.63, 3.8) is 0 Å². The lowest BCUT2D eigenvalue weighted by Crippen LogP contribution is -2.54. The first-order valence-electron chi connectivity index (χ1n) is 7.84. The summed E-state index contributed by atoms with van der Waals surface area (Å²) in [4.78, 5) is 15.4. The predicted octanol–water partition coefficient (Wildman–Crippen LogP) is 0.631. The van der Waals surface area contributed by atoms with Crippen LogP contribution in [0.5, 0.6) is 0 Å². The molecule has 0 unspecified atom stereocenters. The quantitative estimate of drug-likeness (QED) is 0.817. The van der Waals surface area contributed by atoms with Crippen molar-refractivity contribution in [3.8, 4) is 0 Å². The smallest absolute Gasteiger partial charge is 0.211 e. The summed E-state index contributed by atoms with van der Waals surface area (Å²) in [6.07, 6.45) is 7.03. The number of anilines is 1. The van der Waals surface area contributed by atoms with Crippen molar-refractivity contribution >= 4 is 27.0 Å². The molecule has 0 aromatic carbocycles. The standard InChI is InChI=1S/C14H20N6O2S/c1-10-7-18(5-6-20(10)23(2,21)22)13-12-14(16-8-15-13)19(9-17-12)11-3-4-11/h8-11H,3-7H2,1-2H3/t10-/m0/s1. The predicted molar refractivity (Wildman–Crippen MR) is 86.8 cm³/mol. The van der Waals surface area contributed by atoms with Gasteiger partial charge in [-0.15, -0.1) is 0 Å². The van der Waals surface area contributed by atoms with Crippen molar-refractivity contribution in [2.45, 2.75) is 31.8 Å². The number of nitrogens with zero attached hydrogens (tertiary/aromatic N) is 6. The van der Waals surface area contributed by atoms with Gasteiger partial charge >= 0.3 is 0 Å². The van der Waals surface area contributed by atoms with E-state index in [9.17, 15) is 8.42 Å². The first-order chi connectivity index (χ1) is 10.9. The van der Waals surface area contributed by atoms with Gasteiger partial charge in [0, 0.05) is 31.7 Å². The fourth-order valence-electron chi connectivity index (χ4n) is 3.32. The van der Waals surface area contributed by atoms with Crippen LogP contribution >= 0.6 is 0 Å². The van der Waals surface area contributed by atoms with Crippen LogP contribution in [0.4, 0.5) is 5.82 Å². The van der Waals surface area contributed by atoms with Gasteiger partial charge in [-0.05, 0) is 19.8 Å². The van der Waals surface area contributed by atoms with Crippen molar-refractivity contribution in [1.29, 1.82) is 0 Å². The number of sulfonamides is 1. The Balaban J connectivity index is 1.65. The second-order valence-electron chi connectivity index (χ2n) is 6.42. The van der Waals surface area contributed by atoms with Gasteiger partial charge < -0.3 is 9.47 Å². The molecule has 23 heavy (non-hydrogen) atoms. The molecule has 2 aromatic heterocycles. The van der Waals surface area contributed by atoms with E-state index < -0.39 is 10.0 Å². The number of piperazine rings is 1. The third-order valence-corrected chi connectivity index (χ3v) is 5.97. The van der Waals surface area contributed by atoms with Crippen LogP contribution in [0.1, 0.15) is 25.8 Å². The molecular formula is C14H20N6O2S. The maximum Gasteiger partial charge on any atom is 0.211 e. The SMILES string of the molecule is C[C@H]1CN(c2ncnc3c2ncn3C2CC2)CCN1S(C)(=O)=O. The molecule has 4 rings (SSSR count). The minimum atomic E-state index is -3.17. The van der Waals surface area contributed by atoms with Crippen LogP contribution in [-0.4, -0.2) is 64.2 Å². The molecule has 1 saturated carbocycles. The molecule has 1 atom stereocenters. The van der Waals surface area contributed by atoms with Crippen LogP contribution in [-0.2, 0) is 10.0 Å². The Morgan fingerprint density at radius 1 is 1.17 bits per heavy atom. The highest BCUT2D eigenvalue weighted by Crippen LogP contribution is 2.37. The lowest BCUT2D eigenvalue weighted by atomic mass is 10.2. The van der Waals surface area contributed by atoms with Gasteiger partial charge in [-0.1, -0.05) is 0 Å². The summed E-state index contributed by atoms with van der Waals surface area (Å²) in [5, 5.41) is 0. The van der Waals surface area contributed by atoms with E-state index in [1.807, 2.05) is 13.3 Å². The summed E-state index contributed by atoms with van der Waals surface area (Å²) in [5.74, 6) is 0.800. The Hall–Kier alpha value is -1.74. The fraction of sp³-hybridized carbons (Fsp3) is 0.643. The van der Waals surface area contributed by atoms with E-state index in [4.69, 9.17) is 0 Å². The Morgan fingerprint density at radius 3 is 2.61 bits per heavy atom. The molecule has 0 amide bonds. The Bertz CT molecular complexity index is 844. The second kappa shape index (κ2) is 5.13. The van der Waals surface area contributed by atoms with Crippen molar-refractivity contribution in [2.75, 3.05) is 30.8 Å². The van der Waals surface area contributed by atoms with Gasteiger partial charge in [-0.2, -0.15) is 4.31 Å². The highest BCUT2D eigenvalue weighted by atomic mass is 32.2. The topological polar surface area (TPSA) is 84.2 Å². The van der Waals surface area contributed by atoms with Crippen molar-refractivity contribution in [1.82, 2.24) is 23.8 Å². The average molecular weight is 336 g/mol. The van der Waals surface area contributed by atoms with Crippen LogP contribution in [0, 0.1) is 0 Å². The van der Waals surface area contributed by atoms with Crippen molar-refractivity contribution < 1.29 is 8.42 Å². The zero-order valence-electron chi connectivity index (χ0n) is 13.3. The highest BCUT2D eigenvalue weighted by molar-refractivity contribution is 7.88. The number of rotatable bonds is 3. The second-order valence-corrected chi connectivity index (χ2v) is 8.36. The summed E-state index contributed by atoms with van der Waals surface area (Å²) in [6.45, 7) is 3.61. The Morgan fingerprint density at radius 2 is 1.96 bits per heavy atom. The van der Waals surface area contributed by atoms with Crippen LogP contribution in [0.2, 0.25) is 0 Å². The molecule has 2 fully saturated rings. The van der Waals surface area contributed by atoms with Gasteiger partial charge in [0.05, 0.1) is 12.6 Å². The van der Waals surface area contributed by atoms with E-state index in [2.05, 4.69) is 24.4 Å². The van der Waals surface area contributed by atoms with Gasteiger partial charge in [0.15, 0.2) is 17.0 Å². The third-order valence-electron chi connectivity index (χ3n) is 4.57. The maximum absolute atomic E-state index is 11.8. The fourth-order valence-corrected chi connectivity index (χ4v) is 4.45. The average Bonchev–Trinajstić information content (AvgIpc) is 3.24. The lowest BCUT2D eigenvalue weighted by Gasteiger charge is -2.38. The first kappa shape index (κ1) is 14.8. The van der Waals surface area contributed by atoms with Gasteiger partial charge in [-0.3, -0.25) is 0 Å². The van der Waals surface area contributed by atoms with Gasteiger partial charge in [0.25, 0.3) is 0 Å². The molecule has 3 heterocycles. The van der Waals surface area contributed by atoms with Crippen molar-refractivity contribution in [2.24, 2.45) is 0 Å². The number of hydrogen-bond donors (Lipinski definition) is 0. The molecule has 0 N–H and O–H groups in total. The van der Waals surface area contributed by atoms with Crippen LogP contribution < -0.4 is 4.90 Å². The molecule has 1 aliphatic carbocycles. The van der Waals surface area contributed by atoms with Gasteiger partial charge in [0.1, 0.15) is 6.33 Å². The zero-order valence-corrected chi connectivity index (χ0v) is 14.1. The number of aromatic nitrogens is 4. The molecular weight excluding hydrogens is 316 g/mol. The molecule has 0 spiro atoms. The van der Waals surface area contributed by atoms with E-state index in [0.717, 1.165) is 17.0 Å². The van der Waals surface area contributed by atoms with Crippen molar-refractivity contribution in [3.05, 3.63) is 12.7 Å². The minimum Gasteiger partial charge on any atom is -0.352 e. The third kappa shape index (κ3) is 2.57. The monoisotopic (exact) mass is 336 g/mol. The summed E-state index contributed by atoms with van der Waals surface area (Å²) < 4.78 is 27.3. The van der Waals surface area contributed by atoms with Crippen LogP contribution in [0.3, 0.4) is 0 Å². The summed E-state index contributed by atoms with van der Waals surface area (Å²) in [7, 11) is -3.17. The van der Waals surface area contributed by atoms with E-state index in [-0.39, 0.29) is 6.04 Å². The summed E-state index contributed by atoms with van der Waals surface area (Å²) in [5.41, 5.74) is 1.68. The van der Waals surface area contributed by atoms with E-state index >= 15 is 0 Å². The van der Waals surface area contributed by atoms with Crippen LogP contribution in [0.25, 0.3) is 11.2 Å². The van der Waals surface area contributed by atoms with Gasteiger partial charge in [0.2, 0.25) is 10.0 Å². The molecule has 8 nitrogen and oxygen atoms in total. The summed E-state index contributed by atoms with van der Waals surface area (Å²) >= 11 is 0. The van der Waals surface area contributed by atoms with Gasteiger partial charge in [-0.25, -0.2) is 23.4 Å². The number of fused-ring (bicyclic) bond motifs is 1. The summed E-state index contributed by atoms with van der Waals surface area (Å²) in [6, 6.07) is 0.429. The minimum absolute atomic E-state index is 0.0886. The molecule has 1 saturated heterocycles. The zero-order chi connectivity index (χ0) is 16.2. The number of imidazole rings is 1. The van der Waals surface area contributed by atoms with E-state index in [0.29, 0.717) is 25.7 Å². The number of hydrogen-bond acceptors (Lipinski definition) is 6. The normalized spacial score (nSPS) is 23.6. The first-order valence-corrected chi connectivity index (χ1v) is 9.69. The molecule has 2 aliphatic rings. The Kier molecular flexibility index (Phi) is 3.31. The molecule has 2 aromatic rings. The lowest BCUT2D eigenvalue weighted by molar-refractivity contribution is 0.308. The molecule has 0 radical (unpaired) electrons. The van der Waals surface area contributed by atoms with E-state index in [1.54, 1.807) is 10.6 Å². The van der Waals surface area contributed by atoms with E-state index in [1.165, 1.54) is 19.1 Å². The maximum atomic E-state index is 11.8. The molecule has 124 valence electrons. The Labute approximate surface area is 135 Å². The molecule has 0 bridgehead atoms. The highest BCUT2D eigenvalue weighted by Gasteiger charge is 2.32. The molecule has 9 heteroatoms. The molecule has 1 aliphatic heterocycles. The largest absolute Gasteiger partial charge is 0.352 e.